The lowest BCUT2D eigenvalue weighted by molar-refractivity contribution is 0.0784. The van der Waals surface area contributed by atoms with Crippen LogP contribution < -0.4 is 9.47 Å². The van der Waals surface area contributed by atoms with Gasteiger partial charge in [-0.25, -0.2) is 8.42 Å². The first-order chi connectivity index (χ1) is 12.2. The zero-order valence-corrected chi connectivity index (χ0v) is 16.2. The second kappa shape index (κ2) is 8.23. The molecule has 0 N–H and O–H groups in total. The van der Waals surface area contributed by atoms with Crippen LogP contribution in [0.5, 0.6) is 11.5 Å². The first-order valence-corrected chi connectivity index (χ1v) is 10.0. The average Bonchev–Trinajstić information content (AvgIpc) is 2.60. The molecule has 0 aromatic heterocycles. The molecular formula is C19H23NO5S. The number of rotatable bonds is 7. The van der Waals surface area contributed by atoms with Gasteiger partial charge in [0, 0.05) is 31.0 Å². The van der Waals surface area contributed by atoms with Crippen LogP contribution in [-0.2, 0) is 22.1 Å². The van der Waals surface area contributed by atoms with Gasteiger partial charge in [-0.3, -0.25) is 4.79 Å². The van der Waals surface area contributed by atoms with Gasteiger partial charge >= 0.3 is 0 Å². The molecule has 0 atom stereocenters. The maximum atomic E-state index is 12.6. The van der Waals surface area contributed by atoms with Gasteiger partial charge in [-0.15, -0.1) is 0 Å². The molecule has 0 heterocycles. The van der Waals surface area contributed by atoms with E-state index in [1.54, 1.807) is 56.5 Å². The highest BCUT2D eigenvalue weighted by atomic mass is 32.2. The van der Waals surface area contributed by atoms with E-state index in [9.17, 15) is 13.2 Å². The Morgan fingerprint density at radius 3 is 2.23 bits per heavy atom. The molecule has 26 heavy (non-hydrogen) atoms. The van der Waals surface area contributed by atoms with Crippen LogP contribution in [0.1, 0.15) is 21.5 Å². The van der Waals surface area contributed by atoms with Crippen LogP contribution in [-0.4, -0.2) is 46.7 Å². The minimum absolute atomic E-state index is 0.0433. The van der Waals surface area contributed by atoms with Crippen molar-refractivity contribution in [1.29, 1.82) is 0 Å². The van der Waals surface area contributed by atoms with Crippen molar-refractivity contribution in [1.82, 2.24) is 4.90 Å². The first-order valence-electron chi connectivity index (χ1n) is 7.97. The fourth-order valence-electron chi connectivity index (χ4n) is 2.67. The molecule has 0 saturated carbocycles. The van der Waals surface area contributed by atoms with Gasteiger partial charge < -0.3 is 14.4 Å². The van der Waals surface area contributed by atoms with Crippen LogP contribution in [0.25, 0.3) is 0 Å². The molecule has 6 nitrogen and oxygen atoms in total. The number of carbonyl (C=O) groups excluding carboxylic acids is 1. The second-order valence-corrected chi connectivity index (χ2v) is 8.22. The number of para-hydroxylation sites is 1. The Morgan fingerprint density at radius 1 is 1.04 bits per heavy atom. The van der Waals surface area contributed by atoms with Crippen molar-refractivity contribution >= 4 is 15.7 Å². The normalized spacial score (nSPS) is 11.1. The number of benzene rings is 2. The standard InChI is InChI=1S/C19H23NO5S/c1-20(12-16-6-5-7-17(24-2)18(16)25-3)19(21)15-10-8-14(9-11-15)13-26(4,22)23/h5-11H,12-13H2,1-4H3. The highest BCUT2D eigenvalue weighted by Crippen LogP contribution is 2.31. The molecule has 0 saturated heterocycles. The largest absolute Gasteiger partial charge is 0.493 e. The Hall–Kier alpha value is -2.54. The summed E-state index contributed by atoms with van der Waals surface area (Å²) >= 11 is 0. The maximum absolute atomic E-state index is 12.6. The minimum Gasteiger partial charge on any atom is -0.493 e. The summed E-state index contributed by atoms with van der Waals surface area (Å²) in [6.07, 6.45) is 1.18. The summed E-state index contributed by atoms with van der Waals surface area (Å²) in [5.74, 6) is 0.994. The zero-order valence-electron chi connectivity index (χ0n) is 15.4. The summed E-state index contributed by atoms with van der Waals surface area (Å²) in [6, 6.07) is 12.1. The SMILES string of the molecule is COc1cccc(CN(C)C(=O)c2ccc(CS(C)(=O)=O)cc2)c1OC. The molecular weight excluding hydrogens is 354 g/mol. The molecule has 2 aromatic carbocycles. The molecule has 2 aromatic rings. The molecule has 0 radical (unpaired) electrons. The molecule has 0 aliphatic carbocycles. The molecule has 0 unspecified atom stereocenters. The lowest BCUT2D eigenvalue weighted by Gasteiger charge is -2.20. The fourth-order valence-corrected chi connectivity index (χ4v) is 3.47. The first kappa shape index (κ1) is 19.8. The Balaban J connectivity index is 2.15. The van der Waals surface area contributed by atoms with Crippen molar-refractivity contribution in [2.45, 2.75) is 12.3 Å². The quantitative estimate of drug-likeness (QED) is 0.741. The van der Waals surface area contributed by atoms with Crippen molar-refractivity contribution in [3.05, 3.63) is 59.2 Å². The predicted octanol–water partition coefficient (Wildman–Crippen LogP) is 2.52. The number of carbonyl (C=O) groups is 1. The van der Waals surface area contributed by atoms with Gasteiger partial charge in [0.2, 0.25) is 0 Å². The van der Waals surface area contributed by atoms with Crippen LogP contribution in [0.15, 0.2) is 42.5 Å². The smallest absolute Gasteiger partial charge is 0.253 e. The van der Waals surface area contributed by atoms with Crippen LogP contribution in [0.3, 0.4) is 0 Å². The molecule has 0 aliphatic rings. The van der Waals surface area contributed by atoms with Gasteiger partial charge in [0.15, 0.2) is 21.3 Å². The second-order valence-electron chi connectivity index (χ2n) is 6.08. The summed E-state index contributed by atoms with van der Waals surface area (Å²) in [7, 11) is 1.72. The van der Waals surface area contributed by atoms with Gasteiger partial charge in [0.25, 0.3) is 5.91 Å². The summed E-state index contributed by atoms with van der Waals surface area (Å²) in [5.41, 5.74) is 1.98. The van der Waals surface area contributed by atoms with Crippen LogP contribution in [0.4, 0.5) is 0 Å². The van der Waals surface area contributed by atoms with Gasteiger partial charge in [-0.05, 0) is 23.8 Å². The summed E-state index contributed by atoms with van der Waals surface area (Å²) in [6.45, 7) is 0.351. The number of hydrogen-bond donors (Lipinski definition) is 0. The van der Waals surface area contributed by atoms with Crippen molar-refractivity contribution < 1.29 is 22.7 Å². The van der Waals surface area contributed by atoms with E-state index in [2.05, 4.69) is 0 Å². The number of amides is 1. The predicted molar refractivity (Wildman–Crippen MR) is 100 cm³/mol. The Bertz CT molecular complexity index is 875. The Morgan fingerprint density at radius 2 is 1.69 bits per heavy atom. The highest BCUT2D eigenvalue weighted by Gasteiger charge is 2.16. The molecule has 0 aliphatic heterocycles. The molecule has 2 rings (SSSR count). The molecule has 0 spiro atoms. The lowest BCUT2D eigenvalue weighted by atomic mass is 10.1. The van der Waals surface area contributed by atoms with Gasteiger partial charge in [-0.2, -0.15) is 0 Å². The minimum atomic E-state index is -3.10. The fraction of sp³-hybridized carbons (Fsp3) is 0.316. The summed E-state index contributed by atoms with van der Waals surface area (Å²) in [4.78, 5) is 14.2. The van der Waals surface area contributed by atoms with E-state index in [1.165, 1.54) is 6.26 Å². The lowest BCUT2D eigenvalue weighted by Crippen LogP contribution is -2.26. The van der Waals surface area contributed by atoms with Crippen molar-refractivity contribution in [2.75, 3.05) is 27.5 Å². The van der Waals surface area contributed by atoms with Crippen molar-refractivity contribution in [3.63, 3.8) is 0 Å². The third-order valence-corrected chi connectivity index (χ3v) is 4.73. The van der Waals surface area contributed by atoms with E-state index in [-0.39, 0.29) is 11.7 Å². The highest BCUT2D eigenvalue weighted by molar-refractivity contribution is 7.89. The topological polar surface area (TPSA) is 72.9 Å². The van der Waals surface area contributed by atoms with Gasteiger partial charge in [0.1, 0.15) is 0 Å². The molecule has 140 valence electrons. The molecule has 7 heteroatoms. The Labute approximate surface area is 154 Å². The summed E-state index contributed by atoms with van der Waals surface area (Å²) < 4.78 is 33.4. The van der Waals surface area contributed by atoms with E-state index >= 15 is 0 Å². The number of methoxy groups -OCH3 is 2. The van der Waals surface area contributed by atoms with E-state index in [0.29, 0.717) is 29.2 Å². The number of sulfone groups is 1. The maximum Gasteiger partial charge on any atom is 0.253 e. The van der Waals surface area contributed by atoms with Gasteiger partial charge in [-0.1, -0.05) is 24.3 Å². The number of ether oxygens (including phenoxy) is 2. The van der Waals surface area contributed by atoms with Crippen molar-refractivity contribution in [2.24, 2.45) is 0 Å². The van der Waals surface area contributed by atoms with Gasteiger partial charge in [0.05, 0.1) is 20.0 Å². The summed E-state index contributed by atoms with van der Waals surface area (Å²) in [5, 5.41) is 0. The zero-order chi connectivity index (χ0) is 19.3. The molecule has 0 bridgehead atoms. The molecule has 0 fully saturated rings. The van der Waals surface area contributed by atoms with E-state index in [0.717, 1.165) is 5.56 Å². The third kappa shape index (κ3) is 4.98. The van der Waals surface area contributed by atoms with E-state index < -0.39 is 9.84 Å². The average molecular weight is 377 g/mol. The van der Waals surface area contributed by atoms with Crippen molar-refractivity contribution in [3.8, 4) is 11.5 Å². The number of nitrogens with zero attached hydrogens (tertiary/aromatic N) is 1. The monoisotopic (exact) mass is 377 g/mol. The van der Waals surface area contributed by atoms with Crippen LogP contribution >= 0.6 is 0 Å². The molecule has 1 amide bonds. The van der Waals surface area contributed by atoms with E-state index in [4.69, 9.17) is 9.47 Å². The Kier molecular flexibility index (Phi) is 6.26. The number of hydrogen-bond acceptors (Lipinski definition) is 5. The third-order valence-electron chi connectivity index (χ3n) is 3.87. The van der Waals surface area contributed by atoms with Crippen LogP contribution in [0.2, 0.25) is 0 Å². The van der Waals surface area contributed by atoms with E-state index in [1.807, 2.05) is 12.1 Å². The van der Waals surface area contributed by atoms with Crippen LogP contribution in [0, 0.1) is 0 Å².